The molecule has 188 valence electrons. The molecule has 0 radical (unpaired) electrons. The molecule has 0 aromatic heterocycles. The van der Waals surface area contributed by atoms with Crippen LogP contribution in [0, 0.1) is 5.92 Å². The van der Waals surface area contributed by atoms with Gasteiger partial charge in [0.1, 0.15) is 18.1 Å². The number of hydrogen-bond donors (Lipinski definition) is 4. The molecule has 0 bridgehead atoms. The van der Waals surface area contributed by atoms with Crippen molar-refractivity contribution >= 4 is 29.7 Å². The smallest absolute Gasteiger partial charge is 0.326 e. The molecule has 0 unspecified atom stereocenters. The summed E-state index contributed by atoms with van der Waals surface area (Å²) >= 11 is 0. The van der Waals surface area contributed by atoms with E-state index in [9.17, 15) is 29.1 Å². The standard InChI is InChI=1S/C23H34N4O7/c1-13(2)19(20(30)25-16(23(33)34)12-18(28)29)27(5)22(32)17(26(4)21(31)14(3)24)11-15-9-7-6-8-10-15/h6-10,13-14,16-17,19H,11-12,24H2,1-5H3,(H,25,30)(H,28,29)(H,33,34)/t14-,16-,17-,19-/m0/s1. The van der Waals surface area contributed by atoms with Gasteiger partial charge in [-0.2, -0.15) is 0 Å². The van der Waals surface area contributed by atoms with Gasteiger partial charge in [-0.15, -0.1) is 0 Å². The first-order valence-corrected chi connectivity index (χ1v) is 10.9. The molecule has 0 saturated heterocycles. The maximum absolute atomic E-state index is 13.6. The molecule has 11 heteroatoms. The zero-order valence-electron chi connectivity index (χ0n) is 20.1. The molecular weight excluding hydrogens is 444 g/mol. The van der Waals surface area contributed by atoms with E-state index in [1.165, 1.54) is 25.9 Å². The Morgan fingerprint density at radius 1 is 0.941 bits per heavy atom. The quantitative estimate of drug-likeness (QED) is 0.323. The second kappa shape index (κ2) is 12.7. The van der Waals surface area contributed by atoms with Crippen molar-refractivity contribution in [3.8, 4) is 0 Å². The van der Waals surface area contributed by atoms with Gasteiger partial charge in [-0.05, 0) is 18.4 Å². The van der Waals surface area contributed by atoms with Gasteiger partial charge >= 0.3 is 11.9 Å². The lowest BCUT2D eigenvalue weighted by Gasteiger charge is -2.36. The minimum atomic E-state index is -1.66. The Balaban J connectivity index is 3.26. The van der Waals surface area contributed by atoms with E-state index in [0.717, 1.165) is 10.5 Å². The molecule has 1 aromatic carbocycles. The molecular formula is C23H34N4O7. The number of aliphatic carboxylic acids is 2. The number of amides is 3. The molecule has 4 atom stereocenters. The lowest BCUT2D eigenvalue weighted by Crippen LogP contribution is -2.59. The van der Waals surface area contributed by atoms with E-state index >= 15 is 0 Å². The minimum absolute atomic E-state index is 0.169. The molecule has 3 amide bonds. The number of carboxylic acids is 2. The van der Waals surface area contributed by atoms with Crippen molar-refractivity contribution in [1.29, 1.82) is 0 Å². The van der Waals surface area contributed by atoms with Crippen LogP contribution in [0.1, 0.15) is 32.8 Å². The summed E-state index contributed by atoms with van der Waals surface area (Å²) in [6.45, 7) is 4.85. The fraction of sp³-hybridized carbons (Fsp3) is 0.522. The van der Waals surface area contributed by atoms with E-state index < -0.39 is 66.2 Å². The van der Waals surface area contributed by atoms with Crippen LogP contribution in [0.4, 0.5) is 0 Å². The third kappa shape index (κ3) is 7.84. The molecule has 34 heavy (non-hydrogen) atoms. The molecule has 11 nitrogen and oxygen atoms in total. The van der Waals surface area contributed by atoms with Crippen LogP contribution < -0.4 is 11.1 Å². The summed E-state index contributed by atoms with van der Waals surface area (Å²) in [5, 5.41) is 20.4. The summed E-state index contributed by atoms with van der Waals surface area (Å²) in [4.78, 5) is 63.9. The molecule has 0 aliphatic heterocycles. The highest BCUT2D eigenvalue weighted by molar-refractivity contribution is 5.94. The highest BCUT2D eigenvalue weighted by Crippen LogP contribution is 2.17. The van der Waals surface area contributed by atoms with Crippen LogP contribution in [0.2, 0.25) is 0 Å². The monoisotopic (exact) mass is 478 g/mol. The topological polar surface area (TPSA) is 170 Å². The molecule has 0 fully saturated rings. The zero-order valence-corrected chi connectivity index (χ0v) is 20.1. The number of likely N-dealkylation sites (N-methyl/N-ethyl adjacent to an activating group) is 2. The van der Waals surface area contributed by atoms with Crippen molar-refractivity contribution in [2.24, 2.45) is 11.7 Å². The lowest BCUT2D eigenvalue weighted by molar-refractivity contribution is -0.151. The number of nitrogens with two attached hydrogens (primary N) is 1. The number of carbonyl (C=O) groups is 5. The zero-order chi connectivity index (χ0) is 26.2. The minimum Gasteiger partial charge on any atom is -0.481 e. The summed E-state index contributed by atoms with van der Waals surface area (Å²) in [5.74, 6) is -5.15. The summed E-state index contributed by atoms with van der Waals surface area (Å²) in [7, 11) is 2.85. The number of nitrogens with one attached hydrogen (secondary N) is 1. The summed E-state index contributed by atoms with van der Waals surface area (Å²) in [6.07, 6.45) is -0.645. The van der Waals surface area contributed by atoms with E-state index in [1.54, 1.807) is 38.1 Å². The van der Waals surface area contributed by atoms with Crippen molar-refractivity contribution in [3.63, 3.8) is 0 Å². The Morgan fingerprint density at radius 2 is 1.50 bits per heavy atom. The van der Waals surface area contributed by atoms with Crippen LogP contribution in [0.3, 0.4) is 0 Å². The van der Waals surface area contributed by atoms with Gasteiger partial charge in [-0.3, -0.25) is 19.2 Å². The first-order chi connectivity index (χ1) is 15.8. The number of benzene rings is 1. The Labute approximate surface area is 198 Å². The van der Waals surface area contributed by atoms with Crippen LogP contribution >= 0.6 is 0 Å². The SMILES string of the molecule is CC(C)[C@@H](C(=O)N[C@@H](CC(=O)O)C(=O)O)N(C)C(=O)[C@H](Cc1ccccc1)N(C)C(=O)[C@H](C)N. The van der Waals surface area contributed by atoms with Gasteiger partial charge in [-0.25, -0.2) is 4.79 Å². The van der Waals surface area contributed by atoms with E-state index in [4.69, 9.17) is 10.8 Å². The van der Waals surface area contributed by atoms with Gasteiger partial charge in [0, 0.05) is 20.5 Å². The number of nitrogens with zero attached hydrogens (tertiary/aromatic N) is 2. The summed E-state index contributed by atoms with van der Waals surface area (Å²) < 4.78 is 0. The maximum Gasteiger partial charge on any atom is 0.326 e. The molecule has 0 saturated carbocycles. The molecule has 0 aliphatic carbocycles. The third-order valence-corrected chi connectivity index (χ3v) is 5.42. The number of carbonyl (C=O) groups excluding carboxylic acids is 3. The predicted octanol–water partition coefficient (Wildman–Crippen LogP) is -0.0696. The largest absolute Gasteiger partial charge is 0.481 e. The first-order valence-electron chi connectivity index (χ1n) is 10.9. The van der Waals surface area contributed by atoms with Crippen LogP contribution in [-0.4, -0.2) is 87.9 Å². The van der Waals surface area contributed by atoms with Gasteiger partial charge in [0.25, 0.3) is 0 Å². The van der Waals surface area contributed by atoms with Gasteiger partial charge in [-0.1, -0.05) is 44.2 Å². The van der Waals surface area contributed by atoms with Crippen molar-refractivity contribution < 1.29 is 34.2 Å². The Bertz CT molecular complexity index is 889. The van der Waals surface area contributed by atoms with Gasteiger partial charge < -0.3 is 31.1 Å². The van der Waals surface area contributed by atoms with Crippen molar-refractivity contribution in [2.75, 3.05) is 14.1 Å². The molecule has 1 aromatic rings. The van der Waals surface area contributed by atoms with Gasteiger partial charge in [0.05, 0.1) is 12.5 Å². The summed E-state index contributed by atoms with van der Waals surface area (Å²) in [6, 6.07) is 4.43. The second-order valence-corrected chi connectivity index (χ2v) is 8.58. The van der Waals surface area contributed by atoms with Gasteiger partial charge in [0.2, 0.25) is 17.7 Å². The number of hydrogen-bond acceptors (Lipinski definition) is 6. The fourth-order valence-corrected chi connectivity index (χ4v) is 3.63. The number of carboxylic acid groups (broad SMARTS) is 2. The third-order valence-electron chi connectivity index (χ3n) is 5.42. The lowest BCUT2D eigenvalue weighted by atomic mass is 9.98. The van der Waals surface area contributed by atoms with E-state index in [1.807, 2.05) is 6.07 Å². The maximum atomic E-state index is 13.6. The number of rotatable bonds is 12. The highest BCUT2D eigenvalue weighted by Gasteiger charge is 2.38. The molecule has 0 spiro atoms. The van der Waals surface area contributed by atoms with Crippen LogP contribution in [0.25, 0.3) is 0 Å². The Morgan fingerprint density at radius 3 is 1.94 bits per heavy atom. The van der Waals surface area contributed by atoms with Crippen molar-refractivity contribution in [2.45, 2.75) is 57.8 Å². The van der Waals surface area contributed by atoms with Gasteiger partial charge in [0.15, 0.2) is 0 Å². The van der Waals surface area contributed by atoms with E-state index in [2.05, 4.69) is 5.32 Å². The fourth-order valence-electron chi connectivity index (χ4n) is 3.63. The van der Waals surface area contributed by atoms with E-state index in [-0.39, 0.29) is 6.42 Å². The predicted molar refractivity (Wildman–Crippen MR) is 124 cm³/mol. The average Bonchev–Trinajstić information content (AvgIpc) is 2.75. The van der Waals surface area contributed by atoms with Crippen LogP contribution in [-0.2, 0) is 30.4 Å². The van der Waals surface area contributed by atoms with E-state index in [0.29, 0.717) is 0 Å². The van der Waals surface area contributed by atoms with Crippen molar-refractivity contribution in [1.82, 2.24) is 15.1 Å². The molecule has 0 heterocycles. The van der Waals surface area contributed by atoms with Crippen LogP contribution in [0.15, 0.2) is 30.3 Å². The normalized spacial score (nSPS) is 14.4. The summed E-state index contributed by atoms with van der Waals surface area (Å²) in [5.41, 5.74) is 6.53. The van der Waals surface area contributed by atoms with Crippen LogP contribution in [0.5, 0.6) is 0 Å². The Kier molecular flexibility index (Phi) is 10.7. The molecule has 1 rings (SSSR count). The molecule has 5 N–H and O–H groups in total. The average molecular weight is 479 g/mol. The van der Waals surface area contributed by atoms with Crippen molar-refractivity contribution in [3.05, 3.63) is 35.9 Å². The Hall–Kier alpha value is -3.47. The highest BCUT2D eigenvalue weighted by atomic mass is 16.4. The second-order valence-electron chi connectivity index (χ2n) is 8.58. The first kappa shape index (κ1) is 28.6. The molecule has 0 aliphatic rings.